The van der Waals surface area contributed by atoms with Crippen molar-refractivity contribution in [2.24, 2.45) is 23.7 Å². The van der Waals surface area contributed by atoms with Crippen molar-refractivity contribution < 1.29 is 0 Å². The van der Waals surface area contributed by atoms with Gasteiger partial charge in [0.2, 0.25) is 0 Å². The van der Waals surface area contributed by atoms with Crippen molar-refractivity contribution in [3.8, 4) is 44.8 Å². The van der Waals surface area contributed by atoms with Crippen molar-refractivity contribution in [1.29, 1.82) is 0 Å². The maximum atomic E-state index is 3.07. The molecule has 20 rings (SSSR count). The van der Waals surface area contributed by atoms with Crippen LogP contribution in [0.3, 0.4) is 0 Å². The SMILES string of the molecule is CC(C)(C)c1cc2c3c(c1)N(C1C(C4CC=CCC4)=CCCC1C1=CCCCC1)c1cc(-n4c5ccccc5c5ccccc54)ccc1B3c1ccc(-c3ccc4c(c3)c3ccccc3n4-c3c(-c4ccccc4)cccc3-c3ccccc3)cc1N2C1C(C2CC=CCC2)=CCCC1C1=CCCCC1. The second-order valence-electron chi connectivity index (χ2n) is 32.9. The molecule has 0 radical (unpaired) electrons. The van der Waals surface area contributed by atoms with E-state index in [0.717, 1.165) is 38.5 Å². The summed E-state index contributed by atoms with van der Waals surface area (Å²) in [7, 11) is 0. The molecular formula is C100H95BN4. The first kappa shape index (κ1) is 64.5. The third-order valence-corrected chi connectivity index (χ3v) is 26.1. The van der Waals surface area contributed by atoms with Gasteiger partial charge in [0.15, 0.2) is 0 Å². The van der Waals surface area contributed by atoms with Crippen LogP contribution in [-0.4, -0.2) is 27.9 Å². The minimum atomic E-state index is -0.168. The second kappa shape index (κ2) is 26.5. The van der Waals surface area contributed by atoms with Crippen molar-refractivity contribution in [3.05, 3.63) is 295 Å². The Bertz CT molecular complexity index is 5510. The van der Waals surface area contributed by atoms with Gasteiger partial charge in [-0.15, -0.1) is 0 Å². The zero-order valence-corrected chi connectivity index (χ0v) is 61.5. The summed E-state index contributed by atoms with van der Waals surface area (Å²) in [6.45, 7) is 7.47. The quantitative estimate of drug-likeness (QED) is 0.0948. The van der Waals surface area contributed by atoms with Gasteiger partial charge in [0.1, 0.15) is 0 Å². The van der Waals surface area contributed by atoms with Gasteiger partial charge in [0.05, 0.1) is 39.8 Å². The number of allylic oxidation sites excluding steroid dienone is 8. The molecule has 2 aliphatic heterocycles. The van der Waals surface area contributed by atoms with E-state index in [2.05, 4.69) is 307 Å². The molecule has 6 unspecified atom stereocenters. The Kier molecular flexibility index (Phi) is 16.3. The molecule has 6 aliphatic carbocycles. The Hall–Kier alpha value is -10.1. The topological polar surface area (TPSA) is 16.3 Å². The molecular weight excluding hydrogens is 1270 g/mol. The van der Waals surface area contributed by atoms with Crippen LogP contribution < -0.4 is 26.2 Å². The van der Waals surface area contributed by atoms with Crippen molar-refractivity contribution >= 4 is 89.5 Å². The number of hydrogen-bond acceptors (Lipinski definition) is 2. The molecule has 2 aromatic heterocycles. The maximum absolute atomic E-state index is 3.07. The highest BCUT2D eigenvalue weighted by atomic mass is 15.2. The third-order valence-electron chi connectivity index (χ3n) is 26.1. The second-order valence-corrected chi connectivity index (χ2v) is 32.9. The normalized spacial score (nSPS) is 21.6. The minimum absolute atomic E-state index is 0.0336. The molecule has 4 heterocycles. The lowest BCUT2D eigenvalue weighted by Gasteiger charge is -2.53. The van der Waals surface area contributed by atoms with Crippen molar-refractivity contribution in [2.45, 2.75) is 154 Å². The van der Waals surface area contributed by atoms with Gasteiger partial charge in [-0.3, -0.25) is 0 Å². The van der Waals surface area contributed by atoms with Crippen molar-refractivity contribution in [1.82, 2.24) is 9.13 Å². The minimum Gasteiger partial charge on any atom is -0.334 e. The fraction of sp³-hybridized carbons (Fsp3) is 0.280. The molecule has 5 heteroatoms. The summed E-state index contributed by atoms with van der Waals surface area (Å²) in [4.78, 5) is 6.14. The van der Waals surface area contributed by atoms with Crippen LogP contribution in [-0.2, 0) is 5.41 Å². The van der Waals surface area contributed by atoms with E-state index < -0.39 is 0 Å². The molecule has 0 spiro atoms. The van der Waals surface area contributed by atoms with E-state index in [-0.39, 0.29) is 24.2 Å². The van der Waals surface area contributed by atoms with E-state index >= 15 is 0 Å². The van der Waals surface area contributed by atoms with Gasteiger partial charge in [0, 0.05) is 72.9 Å². The summed E-state index contributed by atoms with van der Waals surface area (Å²) < 4.78 is 5.18. The van der Waals surface area contributed by atoms with Crippen LogP contribution in [0.5, 0.6) is 0 Å². The van der Waals surface area contributed by atoms with Crippen molar-refractivity contribution in [3.63, 3.8) is 0 Å². The predicted molar refractivity (Wildman–Crippen MR) is 447 cm³/mol. The van der Waals surface area contributed by atoms with Crippen LogP contribution in [0.2, 0.25) is 0 Å². The molecule has 6 atom stereocenters. The average Bonchev–Trinajstić information content (AvgIpc) is 1.15. The lowest BCUT2D eigenvalue weighted by molar-refractivity contribution is 0.391. The lowest BCUT2D eigenvalue weighted by Crippen LogP contribution is -2.65. The molecule has 0 fully saturated rings. The summed E-state index contributed by atoms with van der Waals surface area (Å²) >= 11 is 0. The molecule has 105 heavy (non-hydrogen) atoms. The number of aromatic nitrogens is 2. The van der Waals surface area contributed by atoms with Crippen LogP contribution in [0.4, 0.5) is 22.7 Å². The highest BCUT2D eigenvalue weighted by Crippen LogP contribution is 2.54. The van der Waals surface area contributed by atoms with Gasteiger partial charge >= 0.3 is 0 Å². The van der Waals surface area contributed by atoms with Gasteiger partial charge < -0.3 is 18.9 Å². The molecule has 0 amide bonds. The predicted octanol–water partition coefficient (Wildman–Crippen LogP) is 24.7. The fourth-order valence-corrected chi connectivity index (χ4v) is 21.2. The number of hydrogen-bond donors (Lipinski definition) is 0. The van der Waals surface area contributed by atoms with Gasteiger partial charge in [-0.2, -0.15) is 0 Å². The number of benzene rings is 10. The smallest absolute Gasteiger partial charge is 0.252 e. The molecule has 10 aromatic carbocycles. The average molecular weight is 1360 g/mol. The van der Waals surface area contributed by atoms with Gasteiger partial charge in [-0.1, -0.05) is 238 Å². The highest BCUT2D eigenvalue weighted by molar-refractivity contribution is 7.00. The Labute approximate surface area is 621 Å². The number of nitrogens with zero attached hydrogens (tertiary/aromatic N) is 4. The summed E-state index contributed by atoms with van der Waals surface area (Å²) in [6.07, 6.45) is 42.4. The van der Waals surface area contributed by atoms with Crippen LogP contribution in [0.15, 0.2) is 289 Å². The Morgan fingerprint density at radius 3 is 1.37 bits per heavy atom. The first-order valence-electron chi connectivity index (χ1n) is 40.2. The largest absolute Gasteiger partial charge is 0.334 e. The fourth-order valence-electron chi connectivity index (χ4n) is 21.2. The summed E-state index contributed by atoms with van der Waals surface area (Å²) in [5.41, 5.74) is 32.7. The maximum Gasteiger partial charge on any atom is 0.252 e. The van der Waals surface area contributed by atoms with Gasteiger partial charge in [-0.25, -0.2) is 0 Å². The summed E-state index contributed by atoms with van der Waals surface area (Å²) in [5.74, 6) is 1.75. The summed E-state index contributed by atoms with van der Waals surface area (Å²) in [6, 6.07) is 85.4. The molecule has 12 aromatic rings. The molecule has 518 valence electrons. The zero-order chi connectivity index (χ0) is 69.9. The molecule has 8 aliphatic rings. The van der Waals surface area contributed by atoms with E-state index in [1.807, 2.05) is 0 Å². The first-order valence-corrected chi connectivity index (χ1v) is 40.2. The van der Waals surface area contributed by atoms with E-state index in [1.54, 1.807) is 22.3 Å². The third kappa shape index (κ3) is 10.9. The summed E-state index contributed by atoms with van der Waals surface area (Å²) in [5, 5.41) is 5.13. The van der Waals surface area contributed by atoms with Gasteiger partial charge in [0.25, 0.3) is 6.71 Å². The Balaban J connectivity index is 0.863. The molecule has 4 nitrogen and oxygen atoms in total. The van der Waals surface area contributed by atoms with E-state index in [4.69, 9.17) is 0 Å². The molecule has 0 N–H and O–H groups in total. The van der Waals surface area contributed by atoms with E-state index in [1.165, 1.54) is 210 Å². The Morgan fingerprint density at radius 2 is 0.848 bits per heavy atom. The zero-order valence-electron chi connectivity index (χ0n) is 61.5. The monoisotopic (exact) mass is 1360 g/mol. The van der Waals surface area contributed by atoms with Crippen LogP contribution in [0, 0.1) is 23.7 Å². The molecule has 0 saturated carbocycles. The van der Waals surface area contributed by atoms with E-state index in [0.29, 0.717) is 23.7 Å². The number of anilines is 4. The van der Waals surface area contributed by atoms with Crippen LogP contribution in [0.1, 0.15) is 142 Å². The molecule has 0 saturated heterocycles. The number of para-hydroxylation sites is 4. The van der Waals surface area contributed by atoms with Crippen LogP contribution >= 0.6 is 0 Å². The van der Waals surface area contributed by atoms with Crippen LogP contribution in [0.25, 0.3) is 88.4 Å². The van der Waals surface area contributed by atoms with Crippen molar-refractivity contribution in [2.75, 3.05) is 9.80 Å². The van der Waals surface area contributed by atoms with Gasteiger partial charge in [-0.05, 0) is 249 Å². The number of fused-ring (bicyclic) bond motifs is 10. The number of rotatable bonds is 11. The standard InChI is InChI=1S/C100H95BN4/c1-100(2,3)74-63-94-96-95(64-74)105(99-80(70-39-18-8-19-40-70)50-30-51-81(99)71-41-20-9-21-42-71)93-65-75(102-88-52-25-22-43-82(88)83-44-23-26-53-89(83)102)57-59-87(93)101(96)86-58-55-73(62-92(86)104(94)98-78(68-35-14-6-15-36-68)48-29-49-79(98)69-37-16-7-17-38-69)72-56-60-91-85(61-72)84-45-24-27-54-90(84)103(91)97-76(66-31-10-4-11-32-66)46-28-47-77(97)67-33-12-5-13-34-67/h4-6,8,10-14,18,22-28,31-34,37,41,43-48,50,52-65,68,70,79,81,98-99H,7,9,15-17,19-21,29-30,35-36,38-40,42,49,51H2,1-3H3. The molecule has 0 bridgehead atoms. The van der Waals surface area contributed by atoms with E-state index in [9.17, 15) is 0 Å². The Morgan fingerprint density at radius 1 is 0.362 bits per heavy atom. The highest BCUT2D eigenvalue weighted by Gasteiger charge is 2.51. The first-order chi connectivity index (χ1) is 51.8. The lowest BCUT2D eigenvalue weighted by atomic mass is 9.33.